The van der Waals surface area contributed by atoms with Crippen LogP contribution in [0.2, 0.25) is 0 Å². The topological polar surface area (TPSA) is 93.8 Å². The summed E-state index contributed by atoms with van der Waals surface area (Å²) in [5.41, 5.74) is 4.25. The van der Waals surface area contributed by atoms with Crippen molar-refractivity contribution in [1.29, 1.82) is 0 Å². The fraction of sp³-hybridized carbons (Fsp3) is 0.136. The van der Waals surface area contributed by atoms with Crippen molar-refractivity contribution in [2.75, 3.05) is 5.32 Å². The number of aromatic nitrogens is 4. The Bertz CT molecular complexity index is 1190. The Morgan fingerprint density at radius 1 is 0.966 bits per heavy atom. The van der Waals surface area contributed by atoms with E-state index in [1.54, 1.807) is 25.3 Å². The van der Waals surface area contributed by atoms with Crippen LogP contribution >= 0.6 is 0 Å². The highest BCUT2D eigenvalue weighted by molar-refractivity contribution is 6.06. The van der Waals surface area contributed by atoms with Crippen molar-refractivity contribution in [3.63, 3.8) is 0 Å². The van der Waals surface area contributed by atoms with Crippen LogP contribution in [0.3, 0.4) is 0 Å². The van der Waals surface area contributed by atoms with E-state index in [9.17, 15) is 4.79 Å². The standard InChI is InChI=1S/C22H19N5O2/c1-13-9-10-17(11-18(13)22-25-15(3)27-29-22)21(28)26-19-12-23-14(2)24-20(19)16-7-5-4-6-8-16/h4-12H,1-3H3,(H,26,28). The van der Waals surface area contributed by atoms with Crippen molar-refractivity contribution in [2.45, 2.75) is 20.8 Å². The molecule has 29 heavy (non-hydrogen) atoms. The summed E-state index contributed by atoms with van der Waals surface area (Å²) in [5, 5.41) is 6.75. The zero-order valence-electron chi connectivity index (χ0n) is 16.3. The monoisotopic (exact) mass is 385 g/mol. The number of benzene rings is 2. The first kappa shape index (κ1) is 18.5. The average molecular weight is 385 g/mol. The van der Waals surface area contributed by atoms with Gasteiger partial charge in [-0.2, -0.15) is 4.98 Å². The van der Waals surface area contributed by atoms with Crippen LogP contribution in [0.1, 0.15) is 27.6 Å². The second kappa shape index (κ2) is 7.63. The van der Waals surface area contributed by atoms with Gasteiger partial charge in [0, 0.05) is 16.7 Å². The molecule has 0 atom stereocenters. The second-order valence-corrected chi connectivity index (χ2v) is 6.68. The Hall–Kier alpha value is -3.87. The molecule has 0 fully saturated rings. The molecule has 2 aromatic heterocycles. The number of nitrogens with zero attached hydrogens (tertiary/aromatic N) is 4. The molecule has 144 valence electrons. The van der Waals surface area contributed by atoms with Crippen molar-refractivity contribution in [3.8, 4) is 22.7 Å². The molecule has 0 bridgehead atoms. The van der Waals surface area contributed by atoms with Crippen molar-refractivity contribution < 1.29 is 9.32 Å². The van der Waals surface area contributed by atoms with Gasteiger partial charge in [-0.15, -0.1) is 0 Å². The van der Waals surface area contributed by atoms with Crippen LogP contribution in [0.15, 0.2) is 59.3 Å². The van der Waals surface area contributed by atoms with E-state index in [0.717, 1.165) is 16.7 Å². The summed E-state index contributed by atoms with van der Waals surface area (Å²) in [5.74, 6) is 1.29. The minimum absolute atomic E-state index is 0.271. The molecule has 0 aliphatic heterocycles. The Morgan fingerprint density at radius 3 is 2.48 bits per heavy atom. The number of rotatable bonds is 4. The fourth-order valence-corrected chi connectivity index (χ4v) is 2.97. The fourth-order valence-electron chi connectivity index (χ4n) is 2.97. The Labute approximate surface area is 167 Å². The van der Waals surface area contributed by atoms with Crippen LogP contribution in [0.5, 0.6) is 0 Å². The quantitative estimate of drug-likeness (QED) is 0.561. The van der Waals surface area contributed by atoms with E-state index in [0.29, 0.717) is 34.5 Å². The molecule has 2 heterocycles. The van der Waals surface area contributed by atoms with Gasteiger partial charge in [0.1, 0.15) is 5.82 Å². The average Bonchev–Trinajstić information content (AvgIpc) is 3.16. The molecule has 0 radical (unpaired) electrons. The molecule has 0 aliphatic rings. The van der Waals surface area contributed by atoms with Gasteiger partial charge in [-0.1, -0.05) is 41.6 Å². The third kappa shape index (κ3) is 3.89. The zero-order valence-corrected chi connectivity index (χ0v) is 16.3. The van der Waals surface area contributed by atoms with Crippen LogP contribution in [-0.4, -0.2) is 26.0 Å². The van der Waals surface area contributed by atoms with Gasteiger partial charge < -0.3 is 9.84 Å². The van der Waals surface area contributed by atoms with Gasteiger partial charge in [0.05, 0.1) is 17.6 Å². The minimum Gasteiger partial charge on any atom is -0.334 e. The highest BCUT2D eigenvalue weighted by Crippen LogP contribution is 2.27. The SMILES string of the molecule is Cc1noc(-c2cc(C(=O)Nc3cnc(C)nc3-c3ccccc3)ccc2C)n1. The molecule has 0 saturated heterocycles. The van der Waals surface area contributed by atoms with Crippen LogP contribution in [-0.2, 0) is 0 Å². The molecule has 4 rings (SSSR count). The van der Waals surface area contributed by atoms with Crippen molar-refractivity contribution in [1.82, 2.24) is 20.1 Å². The second-order valence-electron chi connectivity index (χ2n) is 6.68. The largest absolute Gasteiger partial charge is 0.334 e. The van der Waals surface area contributed by atoms with Gasteiger partial charge in [0.2, 0.25) is 0 Å². The van der Waals surface area contributed by atoms with Gasteiger partial charge in [-0.3, -0.25) is 4.79 Å². The maximum atomic E-state index is 12.9. The molecule has 2 aromatic carbocycles. The van der Waals surface area contributed by atoms with Gasteiger partial charge >= 0.3 is 0 Å². The van der Waals surface area contributed by atoms with E-state index in [-0.39, 0.29) is 5.91 Å². The first-order valence-electron chi connectivity index (χ1n) is 9.13. The summed E-state index contributed by atoms with van der Waals surface area (Å²) in [4.78, 5) is 26.0. The maximum Gasteiger partial charge on any atom is 0.258 e. The van der Waals surface area contributed by atoms with E-state index in [1.807, 2.05) is 50.2 Å². The minimum atomic E-state index is -0.271. The Kier molecular flexibility index (Phi) is 4.87. The van der Waals surface area contributed by atoms with Crippen LogP contribution in [0.25, 0.3) is 22.7 Å². The lowest BCUT2D eigenvalue weighted by atomic mass is 10.0. The molecule has 0 unspecified atom stereocenters. The lowest BCUT2D eigenvalue weighted by Crippen LogP contribution is -2.14. The van der Waals surface area contributed by atoms with Crippen LogP contribution in [0, 0.1) is 20.8 Å². The summed E-state index contributed by atoms with van der Waals surface area (Å²) in [6.45, 7) is 5.50. The van der Waals surface area contributed by atoms with E-state index in [4.69, 9.17) is 4.52 Å². The summed E-state index contributed by atoms with van der Waals surface area (Å²) >= 11 is 0. The number of anilines is 1. The maximum absolute atomic E-state index is 12.9. The number of hydrogen-bond donors (Lipinski definition) is 1. The third-order valence-corrected chi connectivity index (χ3v) is 4.46. The molecule has 7 nitrogen and oxygen atoms in total. The van der Waals surface area contributed by atoms with Crippen LogP contribution in [0.4, 0.5) is 5.69 Å². The Morgan fingerprint density at radius 2 is 1.76 bits per heavy atom. The highest BCUT2D eigenvalue weighted by atomic mass is 16.5. The van der Waals surface area contributed by atoms with Gasteiger partial charge in [0.15, 0.2) is 5.82 Å². The molecule has 1 amide bonds. The van der Waals surface area contributed by atoms with Crippen molar-refractivity contribution in [3.05, 3.63) is 77.5 Å². The molecule has 0 saturated carbocycles. The number of hydrogen-bond acceptors (Lipinski definition) is 6. The summed E-state index contributed by atoms with van der Waals surface area (Å²) in [6.07, 6.45) is 1.62. The molecular weight excluding hydrogens is 366 g/mol. The van der Waals surface area contributed by atoms with Crippen molar-refractivity contribution >= 4 is 11.6 Å². The predicted octanol–water partition coefficient (Wildman–Crippen LogP) is 4.37. The molecule has 4 aromatic rings. The van der Waals surface area contributed by atoms with Gasteiger partial charge in [0.25, 0.3) is 11.8 Å². The smallest absolute Gasteiger partial charge is 0.258 e. The summed E-state index contributed by atoms with van der Waals surface area (Å²) < 4.78 is 5.26. The number of nitrogens with one attached hydrogen (secondary N) is 1. The van der Waals surface area contributed by atoms with E-state index < -0.39 is 0 Å². The van der Waals surface area contributed by atoms with Crippen LogP contribution < -0.4 is 5.32 Å². The van der Waals surface area contributed by atoms with Gasteiger partial charge in [-0.25, -0.2) is 9.97 Å². The summed E-state index contributed by atoms with van der Waals surface area (Å²) in [6, 6.07) is 15.0. The number of amides is 1. The van der Waals surface area contributed by atoms with Crippen molar-refractivity contribution in [2.24, 2.45) is 0 Å². The first-order chi connectivity index (χ1) is 14.0. The number of carbonyl (C=O) groups is 1. The molecule has 0 aliphatic carbocycles. The van der Waals surface area contributed by atoms with E-state index >= 15 is 0 Å². The molecule has 0 spiro atoms. The zero-order chi connectivity index (χ0) is 20.4. The number of aryl methyl sites for hydroxylation is 3. The highest BCUT2D eigenvalue weighted by Gasteiger charge is 2.16. The third-order valence-electron chi connectivity index (χ3n) is 4.46. The molecule has 7 heteroatoms. The predicted molar refractivity (Wildman–Crippen MR) is 109 cm³/mol. The lowest BCUT2D eigenvalue weighted by Gasteiger charge is -2.12. The van der Waals surface area contributed by atoms with E-state index in [1.165, 1.54) is 0 Å². The van der Waals surface area contributed by atoms with Gasteiger partial charge in [-0.05, 0) is 38.5 Å². The van der Waals surface area contributed by atoms with E-state index in [2.05, 4.69) is 25.4 Å². The Balaban J connectivity index is 1.67. The summed E-state index contributed by atoms with van der Waals surface area (Å²) in [7, 11) is 0. The first-order valence-corrected chi connectivity index (χ1v) is 9.13. The normalized spacial score (nSPS) is 10.7. The molecular formula is C22H19N5O2. The lowest BCUT2D eigenvalue weighted by molar-refractivity contribution is 0.102. The number of carbonyl (C=O) groups excluding carboxylic acids is 1. The molecule has 1 N–H and O–H groups in total.